The van der Waals surface area contributed by atoms with Gasteiger partial charge in [-0.3, -0.25) is 4.90 Å². The fourth-order valence-corrected chi connectivity index (χ4v) is 3.75. The number of likely N-dealkylation sites (tertiary alicyclic amines) is 2. The fourth-order valence-electron chi connectivity index (χ4n) is 3.75. The summed E-state index contributed by atoms with van der Waals surface area (Å²) >= 11 is 0. The van der Waals surface area contributed by atoms with Crippen molar-refractivity contribution in [2.75, 3.05) is 39.8 Å². The summed E-state index contributed by atoms with van der Waals surface area (Å²) in [6, 6.07) is 0.641. The van der Waals surface area contributed by atoms with Crippen LogP contribution in [0.5, 0.6) is 0 Å². The van der Waals surface area contributed by atoms with Gasteiger partial charge in [-0.2, -0.15) is 0 Å². The summed E-state index contributed by atoms with van der Waals surface area (Å²) in [6.07, 6.45) is 5.22. The molecule has 112 valence electrons. The SMILES string of the molecule is CCOC1CCN(C2(CN)CCN(C)C(C)C2)CC1. The van der Waals surface area contributed by atoms with Gasteiger partial charge in [0.25, 0.3) is 0 Å². The molecule has 0 amide bonds. The van der Waals surface area contributed by atoms with E-state index in [9.17, 15) is 0 Å². The highest BCUT2D eigenvalue weighted by molar-refractivity contribution is 4.99. The van der Waals surface area contributed by atoms with Crippen molar-refractivity contribution in [1.82, 2.24) is 9.80 Å². The lowest BCUT2D eigenvalue weighted by atomic mass is 9.81. The van der Waals surface area contributed by atoms with Crippen molar-refractivity contribution < 1.29 is 4.74 Å². The van der Waals surface area contributed by atoms with Crippen LogP contribution in [0.3, 0.4) is 0 Å². The summed E-state index contributed by atoms with van der Waals surface area (Å²) in [7, 11) is 2.23. The fraction of sp³-hybridized carbons (Fsp3) is 1.00. The molecule has 2 aliphatic heterocycles. The van der Waals surface area contributed by atoms with Gasteiger partial charge in [0.1, 0.15) is 0 Å². The lowest BCUT2D eigenvalue weighted by Gasteiger charge is -2.52. The first-order valence-electron chi connectivity index (χ1n) is 7.88. The molecular weight excluding hydrogens is 238 g/mol. The van der Waals surface area contributed by atoms with Gasteiger partial charge in [-0.1, -0.05) is 0 Å². The average molecular weight is 269 g/mol. The van der Waals surface area contributed by atoms with Crippen LogP contribution in [-0.4, -0.2) is 67.3 Å². The zero-order valence-corrected chi connectivity index (χ0v) is 12.9. The maximum absolute atomic E-state index is 6.18. The van der Waals surface area contributed by atoms with Crippen LogP contribution >= 0.6 is 0 Å². The molecule has 2 saturated heterocycles. The Hall–Kier alpha value is -0.160. The van der Waals surface area contributed by atoms with Gasteiger partial charge in [0.15, 0.2) is 0 Å². The Morgan fingerprint density at radius 2 is 1.95 bits per heavy atom. The maximum atomic E-state index is 6.18. The van der Waals surface area contributed by atoms with Crippen LogP contribution < -0.4 is 5.73 Å². The summed E-state index contributed by atoms with van der Waals surface area (Å²) in [5.74, 6) is 0. The third-order valence-electron chi connectivity index (χ3n) is 5.25. The first-order chi connectivity index (χ1) is 9.11. The topological polar surface area (TPSA) is 41.7 Å². The van der Waals surface area contributed by atoms with E-state index in [1.807, 2.05) is 0 Å². The quantitative estimate of drug-likeness (QED) is 0.835. The van der Waals surface area contributed by atoms with Crippen LogP contribution in [0.15, 0.2) is 0 Å². The summed E-state index contributed by atoms with van der Waals surface area (Å²) < 4.78 is 5.76. The van der Waals surface area contributed by atoms with Gasteiger partial charge in [-0.05, 0) is 53.1 Å². The van der Waals surface area contributed by atoms with Crippen LogP contribution in [0.4, 0.5) is 0 Å². The maximum Gasteiger partial charge on any atom is 0.0599 e. The minimum atomic E-state index is 0.239. The standard InChI is InChI=1S/C15H31N3O/c1-4-19-14-5-8-18(9-6-14)15(12-16)7-10-17(3)13(2)11-15/h13-14H,4-12,16H2,1-3H3. The van der Waals surface area contributed by atoms with Crippen molar-refractivity contribution in [1.29, 1.82) is 0 Å². The minimum absolute atomic E-state index is 0.239. The molecule has 0 bridgehead atoms. The van der Waals surface area contributed by atoms with Gasteiger partial charge in [-0.25, -0.2) is 0 Å². The molecule has 4 nitrogen and oxygen atoms in total. The Kier molecular flexibility index (Phi) is 5.23. The molecular formula is C15H31N3O. The third kappa shape index (κ3) is 3.30. The Morgan fingerprint density at radius 3 is 2.47 bits per heavy atom. The Morgan fingerprint density at radius 1 is 1.26 bits per heavy atom. The van der Waals surface area contributed by atoms with Crippen molar-refractivity contribution in [3.05, 3.63) is 0 Å². The molecule has 0 spiro atoms. The summed E-state index contributed by atoms with van der Waals surface area (Å²) in [5.41, 5.74) is 6.42. The minimum Gasteiger partial charge on any atom is -0.378 e. The van der Waals surface area contributed by atoms with E-state index in [4.69, 9.17) is 10.5 Å². The van der Waals surface area contributed by atoms with Crippen LogP contribution in [0.25, 0.3) is 0 Å². The van der Waals surface area contributed by atoms with Crippen LogP contribution in [-0.2, 0) is 4.74 Å². The predicted molar refractivity (Wildman–Crippen MR) is 79.3 cm³/mol. The second kappa shape index (κ2) is 6.53. The molecule has 2 aliphatic rings. The molecule has 2 N–H and O–H groups in total. The molecule has 0 aromatic heterocycles. The largest absolute Gasteiger partial charge is 0.378 e. The molecule has 0 saturated carbocycles. The highest BCUT2D eigenvalue weighted by Gasteiger charge is 2.41. The molecule has 19 heavy (non-hydrogen) atoms. The van der Waals surface area contributed by atoms with E-state index >= 15 is 0 Å². The molecule has 0 aromatic rings. The van der Waals surface area contributed by atoms with Crippen molar-refractivity contribution in [2.24, 2.45) is 5.73 Å². The Labute approximate surface area is 118 Å². The van der Waals surface area contributed by atoms with Gasteiger partial charge < -0.3 is 15.4 Å². The number of nitrogens with two attached hydrogens (primary N) is 1. The van der Waals surface area contributed by atoms with E-state index in [1.165, 1.54) is 32.2 Å². The zero-order chi connectivity index (χ0) is 13.9. The third-order valence-corrected chi connectivity index (χ3v) is 5.25. The first kappa shape index (κ1) is 15.2. The van der Waals surface area contributed by atoms with Crippen LogP contribution in [0, 0.1) is 0 Å². The second-order valence-corrected chi connectivity index (χ2v) is 6.35. The van der Waals surface area contributed by atoms with E-state index in [2.05, 4.69) is 30.7 Å². The smallest absolute Gasteiger partial charge is 0.0599 e. The first-order valence-corrected chi connectivity index (χ1v) is 7.88. The second-order valence-electron chi connectivity index (χ2n) is 6.35. The molecule has 2 atom stereocenters. The average Bonchev–Trinajstić information content (AvgIpc) is 2.43. The predicted octanol–water partition coefficient (Wildman–Crippen LogP) is 1.30. The number of hydrogen-bond donors (Lipinski definition) is 1. The summed E-state index contributed by atoms with van der Waals surface area (Å²) in [5, 5.41) is 0. The van der Waals surface area contributed by atoms with Gasteiger partial charge in [0, 0.05) is 37.8 Å². The Bertz CT molecular complexity index is 279. The number of ether oxygens (including phenoxy) is 1. The van der Waals surface area contributed by atoms with Crippen molar-refractivity contribution in [2.45, 2.75) is 57.2 Å². The van der Waals surface area contributed by atoms with Crippen LogP contribution in [0.2, 0.25) is 0 Å². The van der Waals surface area contributed by atoms with Gasteiger partial charge in [-0.15, -0.1) is 0 Å². The van der Waals surface area contributed by atoms with Gasteiger partial charge in [0.05, 0.1) is 6.10 Å². The molecule has 0 radical (unpaired) electrons. The van der Waals surface area contributed by atoms with Crippen LogP contribution in [0.1, 0.15) is 39.5 Å². The van der Waals surface area contributed by atoms with Crippen molar-refractivity contribution >= 4 is 0 Å². The highest BCUT2D eigenvalue weighted by Crippen LogP contribution is 2.33. The molecule has 0 aromatic carbocycles. The highest BCUT2D eigenvalue weighted by atomic mass is 16.5. The van der Waals surface area contributed by atoms with E-state index in [-0.39, 0.29) is 5.54 Å². The van der Waals surface area contributed by atoms with E-state index in [0.717, 1.165) is 26.2 Å². The molecule has 2 unspecified atom stereocenters. The molecule has 4 heteroatoms. The Balaban J connectivity index is 1.95. The number of piperidine rings is 2. The van der Waals surface area contributed by atoms with Crippen molar-refractivity contribution in [3.8, 4) is 0 Å². The summed E-state index contributed by atoms with van der Waals surface area (Å²) in [6.45, 7) is 9.53. The summed E-state index contributed by atoms with van der Waals surface area (Å²) in [4.78, 5) is 5.12. The lowest BCUT2D eigenvalue weighted by molar-refractivity contribution is -0.0438. The molecule has 0 aliphatic carbocycles. The normalized spacial score (nSPS) is 35.7. The number of hydrogen-bond acceptors (Lipinski definition) is 4. The number of rotatable bonds is 4. The molecule has 2 fully saturated rings. The monoisotopic (exact) mass is 269 g/mol. The van der Waals surface area contributed by atoms with Crippen molar-refractivity contribution in [3.63, 3.8) is 0 Å². The number of nitrogens with zero attached hydrogens (tertiary/aromatic N) is 2. The zero-order valence-electron chi connectivity index (χ0n) is 12.9. The van der Waals surface area contributed by atoms with Gasteiger partial charge >= 0.3 is 0 Å². The van der Waals surface area contributed by atoms with E-state index in [0.29, 0.717) is 12.1 Å². The molecule has 2 heterocycles. The van der Waals surface area contributed by atoms with E-state index < -0.39 is 0 Å². The van der Waals surface area contributed by atoms with Gasteiger partial charge in [0.2, 0.25) is 0 Å². The lowest BCUT2D eigenvalue weighted by Crippen LogP contribution is -2.62. The molecule has 2 rings (SSSR count). The van der Waals surface area contributed by atoms with E-state index in [1.54, 1.807) is 0 Å².